The van der Waals surface area contributed by atoms with E-state index in [2.05, 4.69) is 90.7 Å². The smallest absolute Gasteiger partial charge is 0.243 e. The number of rotatable bonds is 9. The number of aryl methyl sites for hydroxylation is 2. The summed E-state index contributed by atoms with van der Waals surface area (Å²) < 4.78 is 6.31. The number of thiazole rings is 1. The van der Waals surface area contributed by atoms with E-state index in [1.807, 2.05) is 50.5 Å². The van der Waals surface area contributed by atoms with Crippen molar-refractivity contribution >= 4 is 34.6 Å². The Labute approximate surface area is 216 Å². The van der Waals surface area contributed by atoms with Gasteiger partial charge >= 0.3 is 0 Å². The molecule has 0 aliphatic carbocycles. The van der Waals surface area contributed by atoms with Gasteiger partial charge in [-0.25, -0.2) is 9.13 Å². The van der Waals surface area contributed by atoms with Crippen LogP contribution in [-0.2, 0) is 20.6 Å². The van der Waals surface area contributed by atoms with Gasteiger partial charge in [0.25, 0.3) is 0 Å². The minimum Gasteiger partial charge on any atom is -0.368 e. The van der Waals surface area contributed by atoms with Crippen molar-refractivity contribution in [1.82, 2.24) is 9.13 Å². The Balaban J connectivity index is 1.34. The van der Waals surface area contributed by atoms with Crippen LogP contribution in [0.3, 0.4) is 0 Å². The van der Waals surface area contributed by atoms with Crippen LogP contribution in [0.5, 0.6) is 0 Å². The molecule has 2 aromatic heterocycles. The molecule has 0 aliphatic rings. The van der Waals surface area contributed by atoms with Gasteiger partial charge in [-0.05, 0) is 62.7 Å². The van der Waals surface area contributed by atoms with Crippen LogP contribution < -0.4 is 14.3 Å². The summed E-state index contributed by atoms with van der Waals surface area (Å²) in [6.07, 6.45) is 8.00. The van der Waals surface area contributed by atoms with Crippen LogP contribution >= 0.6 is 11.3 Å². The van der Waals surface area contributed by atoms with Crippen molar-refractivity contribution in [1.29, 1.82) is 0 Å². The fraction of sp³-hybridized carbons (Fsp3) is 0.296. The summed E-state index contributed by atoms with van der Waals surface area (Å²) in [6, 6.07) is 16.0. The molecule has 0 spiro atoms. The molecule has 8 nitrogen and oxygen atoms in total. The van der Waals surface area contributed by atoms with Gasteiger partial charge in [0.2, 0.25) is 11.1 Å². The Hall–Kier alpha value is -3.85. The summed E-state index contributed by atoms with van der Waals surface area (Å²) in [5, 5.41) is 17.4. The van der Waals surface area contributed by atoms with Crippen molar-refractivity contribution in [2.75, 3.05) is 18.0 Å². The summed E-state index contributed by atoms with van der Waals surface area (Å²) in [6.45, 7) is 9.19. The van der Waals surface area contributed by atoms with E-state index in [1.165, 1.54) is 16.3 Å². The van der Waals surface area contributed by atoms with Crippen LogP contribution in [0, 0.1) is 13.8 Å². The standard InChI is InChI=1S/C27H33N8S/c1-6-35(18-17-34-16-15-32(4)20-34)26-13-11-25(12-14-26)30-29-24-9-7-23(8-10-24)19-28-31-27-33(5)21(2)22(3)36-27/h7-16,19-20H,6,17-18H2,1-5H3/q+1/b28-19+,30-29?,31-27-. The average Bonchev–Trinajstić information content (AvgIpc) is 3.42. The van der Waals surface area contributed by atoms with Crippen molar-refractivity contribution in [2.45, 2.75) is 27.3 Å². The number of hydrogen-bond acceptors (Lipinski definition) is 6. The van der Waals surface area contributed by atoms with E-state index in [4.69, 9.17) is 0 Å². The number of anilines is 1. The number of likely N-dealkylation sites (N-methyl/N-ethyl adjacent to an activating group) is 1. The minimum absolute atomic E-state index is 0.791. The van der Waals surface area contributed by atoms with E-state index >= 15 is 0 Å². The van der Waals surface area contributed by atoms with Gasteiger partial charge in [0.1, 0.15) is 18.9 Å². The Kier molecular flexibility index (Phi) is 8.22. The Morgan fingerprint density at radius 3 is 2.22 bits per heavy atom. The highest BCUT2D eigenvalue weighted by Crippen LogP contribution is 2.22. The van der Waals surface area contributed by atoms with Gasteiger partial charge in [-0.1, -0.05) is 12.1 Å². The molecule has 4 aromatic rings. The average molecular weight is 502 g/mol. The molecule has 0 unspecified atom stereocenters. The minimum atomic E-state index is 0.791. The molecule has 2 heterocycles. The highest BCUT2D eigenvalue weighted by molar-refractivity contribution is 7.09. The first-order valence-electron chi connectivity index (χ1n) is 12.0. The van der Waals surface area contributed by atoms with Gasteiger partial charge < -0.3 is 9.47 Å². The summed E-state index contributed by atoms with van der Waals surface area (Å²) in [7, 11) is 4.04. The van der Waals surface area contributed by atoms with Crippen LogP contribution in [-0.4, -0.2) is 28.4 Å². The van der Waals surface area contributed by atoms with Gasteiger partial charge in [0.05, 0.1) is 31.2 Å². The van der Waals surface area contributed by atoms with Crippen LogP contribution in [0.25, 0.3) is 0 Å². The second-order valence-corrected chi connectivity index (χ2v) is 9.82. The predicted molar refractivity (Wildman–Crippen MR) is 146 cm³/mol. The molecule has 0 amide bonds. The van der Waals surface area contributed by atoms with Crippen molar-refractivity contribution in [3.63, 3.8) is 0 Å². The Bertz CT molecular complexity index is 1410. The summed E-state index contributed by atoms with van der Waals surface area (Å²) in [4.78, 5) is 4.49. The van der Waals surface area contributed by atoms with Gasteiger partial charge in [-0.2, -0.15) is 15.3 Å². The molecule has 9 heteroatoms. The molecule has 0 radical (unpaired) electrons. The Morgan fingerprint density at radius 2 is 1.67 bits per heavy atom. The largest absolute Gasteiger partial charge is 0.368 e. The highest BCUT2D eigenvalue weighted by atomic mass is 32.1. The maximum Gasteiger partial charge on any atom is 0.243 e. The number of nitrogens with zero attached hydrogens (tertiary/aromatic N) is 8. The lowest BCUT2D eigenvalue weighted by Crippen LogP contribution is -2.28. The van der Waals surface area contributed by atoms with E-state index in [-0.39, 0.29) is 0 Å². The zero-order valence-corrected chi connectivity index (χ0v) is 22.4. The maximum absolute atomic E-state index is 4.40. The molecule has 0 fully saturated rings. The van der Waals surface area contributed by atoms with Gasteiger partial charge in [0, 0.05) is 29.9 Å². The molecule has 4 rings (SSSR count). The molecular weight excluding hydrogens is 468 g/mol. The third-order valence-electron chi connectivity index (χ3n) is 6.12. The lowest BCUT2D eigenvalue weighted by atomic mass is 10.2. The first-order valence-corrected chi connectivity index (χ1v) is 12.8. The number of hydrogen-bond donors (Lipinski definition) is 0. The van der Waals surface area contributed by atoms with E-state index in [0.29, 0.717) is 0 Å². The number of imidazole rings is 1. The second kappa shape index (κ2) is 11.7. The number of aromatic nitrogens is 3. The molecular formula is C27H33N8S+. The molecule has 0 atom stereocenters. The second-order valence-electron chi connectivity index (χ2n) is 8.63. The normalized spacial score (nSPS) is 12.3. The fourth-order valence-electron chi connectivity index (χ4n) is 3.70. The molecule has 36 heavy (non-hydrogen) atoms. The molecule has 186 valence electrons. The fourth-order valence-corrected chi connectivity index (χ4v) is 4.62. The predicted octanol–water partition coefficient (Wildman–Crippen LogP) is 5.21. The third kappa shape index (κ3) is 6.42. The van der Waals surface area contributed by atoms with Crippen molar-refractivity contribution in [3.05, 3.63) is 88.2 Å². The molecule has 2 aromatic carbocycles. The molecule has 0 N–H and O–H groups in total. The van der Waals surface area contributed by atoms with Crippen LogP contribution in [0.15, 0.2) is 87.7 Å². The van der Waals surface area contributed by atoms with E-state index in [1.54, 1.807) is 17.6 Å². The van der Waals surface area contributed by atoms with Crippen LogP contribution in [0.1, 0.15) is 23.1 Å². The van der Waals surface area contributed by atoms with E-state index in [0.717, 1.165) is 41.4 Å². The quantitative estimate of drug-likeness (QED) is 0.134. The van der Waals surface area contributed by atoms with Crippen molar-refractivity contribution in [3.8, 4) is 0 Å². The zero-order chi connectivity index (χ0) is 25.5. The van der Waals surface area contributed by atoms with Crippen molar-refractivity contribution < 1.29 is 4.57 Å². The SMILES string of the molecule is CCN(CCn1cc[n+](C)c1)c1ccc(N=Nc2ccc(/C=N/N=c3\sc(C)c(C)n3C)cc2)cc1. The summed E-state index contributed by atoms with van der Waals surface area (Å²) >= 11 is 1.64. The van der Waals surface area contributed by atoms with Gasteiger partial charge in [0.15, 0.2) is 0 Å². The first-order chi connectivity index (χ1) is 17.4. The van der Waals surface area contributed by atoms with Crippen molar-refractivity contribution in [2.24, 2.45) is 34.5 Å². The molecule has 0 aliphatic heterocycles. The molecule has 0 saturated carbocycles. The maximum atomic E-state index is 4.40. The number of azo groups is 1. The van der Waals surface area contributed by atoms with Gasteiger partial charge in [-0.15, -0.1) is 16.4 Å². The molecule has 0 bridgehead atoms. The van der Waals surface area contributed by atoms with Crippen LogP contribution in [0.4, 0.5) is 17.1 Å². The molecule has 0 saturated heterocycles. The number of benzene rings is 2. The topological polar surface area (TPSA) is 66.4 Å². The monoisotopic (exact) mass is 501 g/mol. The summed E-state index contributed by atoms with van der Waals surface area (Å²) in [5.41, 5.74) is 4.97. The highest BCUT2D eigenvalue weighted by Gasteiger charge is 2.07. The Morgan fingerprint density at radius 1 is 1.00 bits per heavy atom. The lowest BCUT2D eigenvalue weighted by molar-refractivity contribution is -0.671. The third-order valence-corrected chi connectivity index (χ3v) is 7.26. The lowest BCUT2D eigenvalue weighted by Gasteiger charge is -2.22. The van der Waals surface area contributed by atoms with Crippen LogP contribution in [0.2, 0.25) is 0 Å². The van der Waals surface area contributed by atoms with E-state index < -0.39 is 0 Å². The summed E-state index contributed by atoms with van der Waals surface area (Å²) in [5.74, 6) is 0. The first kappa shape index (κ1) is 25.2. The van der Waals surface area contributed by atoms with E-state index in [9.17, 15) is 0 Å². The van der Waals surface area contributed by atoms with Gasteiger partial charge in [-0.3, -0.25) is 0 Å². The zero-order valence-electron chi connectivity index (χ0n) is 21.5.